The molecule has 2 bridgehead atoms. The van der Waals surface area contributed by atoms with Crippen molar-refractivity contribution < 1.29 is 0 Å². The lowest BCUT2D eigenvalue weighted by Gasteiger charge is -2.08. The van der Waals surface area contributed by atoms with Gasteiger partial charge in [-0.15, -0.1) is 0 Å². The maximum atomic E-state index is 5.03. The molecule has 0 amide bonds. The molecule has 40 heavy (non-hydrogen) atoms. The number of aromatic nitrogens is 5. The zero-order valence-electron chi connectivity index (χ0n) is 21.7. The van der Waals surface area contributed by atoms with Crippen LogP contribution in [0.3, 0.4) is 0 Å². The van der Waals surface area contributed by atoms with Crippen LogP contribution in [0, 0.1) is 23.7 Å². The molecule has 6 aromatic rings. The van der Waals surface area contributed by atoms with Gasteiger partial charge in [-0.2, -0.15) is 0 Å². The summed E-state index contributed by atoms with van der Waals surface area (Å²) in [5.41, 5.74) is 9.71. The summed E-state index contributed by atoms with van der Waals surface area (Å²) in [4.78, 5) is 22.0. The number of hydrogen-bond donors (Lipinski definition) is 4. The van der Waals surface area contributed by atoms with Crippen molar-refractivity contribution in [2.75, 3.05) is 0 Å². The molecule has 6 aliphatic rings. The molecule has 4 N–H and O–H groups in total. The Morgan fingerprint density at radius 1 is 0.600 bits per heavy atom. The molecule has 3 aliphatic carbocycles. The number of imidazole rings is 2. The molecule has 12 rings (SSSR count). The van der Waals surface area contributed by atoms with Crippen LogP contribution in [0.2, 0.25) is 0 Å². The largest absolute Gasteiger partial charge is 0.341 e. The van der Waals surface area contributed by atoms with Crippen LogP contribution in [0.5, 0.6) is 0 Å². The Hall–Kier alpha value is -4.07. The van der Waals surface area contributed by atoms with Crippen LogP contribution in [0.15, 0.2) is 66.7 Å². The van der Waals surface area contributed by atoms with Gasteiger partial charge >= 0.3 is 0 Å². The number of H-pyrrole nitrogens is 2. The molecular formula is C33H27N7. The van der Waals surface area contributed by atoms with Crippen molar-refractivity contribution in [3.05, 3.63) is 78.4 Å². The predicted molar refractivity (Wildman–Crippen MR) is 154 cm³/mol. The van der Waals surface area contributed by atoms with Crippen molar-refractivity contribution in [3.63, 3.8) is 0 Å². The topological polar surface area (TPSA) is 94.3 Å². The van der Waals surface area contributed by atoms with E-state index in [2.05, 4.69) is 87.3 Å². The number of pyridine rings is 1. The first kappa shape index (κ1) is 20.8. The fourth-order valence-corrected chi connectivity index (χ4v) is 8.03. The van der Waals surface area contributed by atoms with Crippen LogP contribution in [0.25, 0.3) is 55.4 Å². The van der Waals surface area contributed by atoms with Crippen LogP contribution in [0.1, 0.15) is 36.6 Å². The highest BCUT2D eigenvalue weighted by atomic mass is 15.2. The Labute approximate surface area is 229 Å². The van der Waals surface area contributed by atoms with Crippen molar-refractivity contribution >= 4 is 33.0 Å². The van der Waals surface area contributed by atoms with E-state index in [1.807, 2.05) is 0 Å². The van der Waals surface area contributed by atoms with Crippen LogP contribution in [-0.4, -0.2) is 37.0 Å². The summed E-state index contributed by atoms with van der Waals surface area (Å²) in [6.45, 7) is 0. The molecule has 7 nitrogen and oxygen atoms in total. The summed E-state index contributed by atoms with van der Waals surface area (Å²) < 4.78 is 0. The standard InChI is InChI=1S/C33H27N7/c1-5-19-16(9-14(1)15-2-7-22-24(10-15)39-33(37-22)31-29-27-28(29)30(27)40-31)3-6-20(34-19)17-4-8-21-25(11-17)38-32(36-21)26-13-18-12-23(18)35-26/h1-11,18,23,26-31,35,40H,12-13H2,(H,36,38)(H,37,39)/t18-,23-,26+,27-,28?,29?,30?,31+/m1/s1. The molecule has 7 heteroatoms. The van der Waals surface area contributed by atoms with Gasteiger partial charge in [0.15, 0.2) is 0 Å². The van der Waals surface area contributed by atoms with Crippen LogP contribution < -0.4 is 10.6 Å². The number of piperidine rings is 2. The summed E-state index contributed by atoms with van der Waals surface area (Å²) in [7, 11) is 0. The molecule has 3 saturated carbocycles. The second kappa shape index (κ2) is 6.97. The third kappa shape index (κ3) is 2.83. The van der Waals surface area contributed by atoms with E-state index in [1.165, 1.54) is 24.0 Å². The van der Waals surface area contributed by atoms with Gasteiger partial charge in [0.1, 0.15) is 11.6 Å². The smallest absolute Gasteiger partial charge is 0.124 e. The average Bonchev–Trinajstić information content (AvgIpc) is 3.76. The predicted octanol–water partition coefficient (Wildman–Crippen LogP) is 5.63. The Morgan fingerprint density at radius 3 is 2.10 bits per heavy atom. The summed E-state index contributed by atoms with van der Waals surface area (Å²) in [6, 6.07) is 26.1. The van der Waals surface area contributed by atoms with E-state index in [1.54, 1.807) is 0 Å². The second-order valence-corrected chi connectivity index (χ2v) is 12.8. The van der Waals surface area contributed by atoms with Gasteiger partial charge in [-0.1, -0.05) is 24.3 Å². The molecule has 3 aliphatic heterocycles. The molecule has 3 aromatic carbocycles. The molecule has 6 heterocycles. The number of nitrogens with one attached hydrogen (secondary N) is 4. The monoisotopic (exact) mass is 521 g/mol. The van der Waals surface area contributed by atoms with Crippen LogP contribution >= 0.6 is 0 Å². The third-order valence-electron chi connectivity index (χ3n) is 10.5. The minimum atomic E-state index is 0.360. The average molecular weight is 522 g/mol. The Kier molecular flexibility index (Phi) is 3.62. The second-order valence-electron chi connectivity index (χ2n) is 12.8. The zero-order chi connectivity index (χ0) is 25.7. The normalized spacial score (nSPS) is 32.6. The quantitative estimate of drug-likeness (QED) is 0.241. The molecule has 3 aromatic heterocycles. The Balaban J connectivity index is 0.899. The van der Waals surface area contributed by atoms with E-state index >= 15 is 0 Å². The third-order valence-corrected chi connectivity index (χ3v) is 10.5. The van der Waals surface area contributed by atoms with Crippen LogP contribution in [0.4, 0.5) is 0 Å². The Bertz CT molecular complexity index is 2030. The lowest BCUT2D eigenvalue weighted by molar-refractivity contribution is 0.544. The first-order valence-electron chi connectivity index (χ1n) is 14.7. The first-order valence-corrected chi connectivity index (χ1v) is 14.7. The van der Waals surface area contributed by atoms with Gasteiger partial charge in [0.2, 0.25) is 0 Å². The number of rotatable bonds is 4. The van der Waals surface area contributed by atoms with Gasteiger partial charge in [-0.3, -0.25) is 0 Å². The number of fused-ring (bicyclic) bond motifs is 5. The highest BCUT2D eigenvalue weighted by Crippen LogP contribution is 2.77. The van der Waals surface area contributed by atoms with E-state index in [0.717, 1.165) is 85.6 Å². The van der Waals surface area contributed by atoms with E-state index < -0.39 is 0 Å². The van der Waals surface area contributed by atoms with Gasteiger partial charge in [-0.25, -0.2) is 15.0 Å². The summed E-state index contributed by atoms with van der Waals surface area (Å²) in [5, 5.41) is 8.58. The lowest BCUT2D eigenvalue weighted by Crippen LogP contribution is -2.18. The number of aromatic amines is 2. The van der Waals surface area contributed by atoms with Crippen molar-refractivity contribution in [3.8, 4) is 22.4 Å². The van der Waals surface area contributed by atoms with Crippen molar-refractivity contribution in [1.29, 1.82) is 0 Å². The SMILES string of the molecule is c1cc2nc(-c3ccc4nc([C@@H]5C[C@H]6C[C@H]6N5)[nH]c4c3)ccc2cc1-c1ccc2nc([C@H]3NC4C5C3[C@H]45)[nH]c2c1. The molecule has 3 saturated heterocycles. The van der Waals surface area contributed by atoms with Crippen molar-refractivity contribution in [2.24, 2.45) is 23.7 Å². The highest BCUT2D eigenvalue weighted by Gasteiger charge is 2.81. The fraction of sp³-hybridized carbons (Fsp3) is 0.303. The van der Waals surface area contributed by atoms with Gasteiger partial charge < -0.3 is 20.6 Å². The summed E-state index contributed by atoms with van der Waals surface area (Å²) >= 11 is 0. The Morgan fingerprint density at radius 2 is 1.32 bits per heavy atom. The molecule has 0 spiro atoms. The van der Waals surface area contributed by atoms with E-state index in [-0.39, 0.29) is 0 Å². The number of benzene rings is 3. The maximum Gasteiger partial charge on any atom is 0.124 e. The maximum absolute atomic E-state index is 5.03. The van der Waals surface area contributed by atoms with Crippen molar-refractivity contribution in [1.82, 2.24) is 35.6 Å². The van der Waals surface area contributed by atoms with Crippen molar-refractivity contribution in [2.45, 2.75) is 37.0 Å². The highest BCUT2D eigenvalue weighted by molar-refractivity contribution is 5.89. The van der Waals surface area contributed by atoms with Crippen LogP contribution in [-0.2, 0) is 0 Å². The number of nitrogens with zero attached hydrogens (tertiary/aromatic N) is 3. The molecule has 0 radical (unpaired) electrons. The molecule has 194 valence electrons. The molecule has 3 unspecified atom stereocenters. The summed E-state index contributed by atoms with van der Waals surface area (Å²) in [5.74, 6) is 5.72. The summed E-state index contributed by atoms with van der Waals surface area (Å²) in [6.07, 6.45) is 2.53. The van der Waals surface area contributed by atoms with Gasteiger partial charge in [0, 0.05) is 23.0 Å². The molecule has 8 atom stereocenters. The lowest BCUT2D eigenvalue weighted by atomic mass is 10.0. The van der Waals surface area contributed by atoms with E-state index in [9.17, 15) is 0 Å². The fourth-order valence-electron chi connectivity index (χ4n) is 8.03. The van der Waals surface area contributed by atoms with Gasteiger partial charge in [0.05, 0.1) is 45.4 Å². The van der Waals surface area contributed by atoms with E-state index in [4.69, 9.17) is 15.0 Å². The minimum absolute atomic E-state index is 0.360. The van der Waals surface area contributed by atoms with E-state index in [0.29, 0.717) is 18.1 Å². The molecular weight excluding hydrogens is 494 g/mol. The van der Waals surface area contributed by atoms with Gasteiger partial charge in [0.25, 0.3) is 0 Å². The number of hydrogen-bond acceptors (Lipinski definition) is 5. The first-order chi connectivity index (χ1) is 19.7. The van der Waals surface area contributed by atoms with Gasteiger partial charge in [-0.05, 0) is 90.1 Å². The molecule has 6 fully saturated rings. The zero-order valence-corrected chi connectivity index (χ0v) is 21.7. The minimum Gasteiger partial charge on any atom is -0.341 e.